The molecule has 0 radical (unpaired) electrons. The van der Waals surface area contributed by atoms with Crippen molar-refractivity contribution in [2.45, 2.75) is 71.0 Å². The number of carbonyl (C=O) groups excluding carboxylic acids is 4. The van der Waals surface area contributed by atoms with E-state index in [1.165, 1.54) is 0 Å². The molecule has 0 spiro atoms. The van der Waals surface area contributed by atoms with Gasteiger partial charge in [0.05, 0.1) is 19.0 Å². The van der Waals surface area contributed by atoms with E-state index in [-0.39, 0.29) is 48.4 Å². The third-order valence-corrected chi connectivity index (χ3v) is 7.25. The molecule has 3 amide bonds. The van der Waals surface area contributed by atoms with Crippen LogP contribution in [0.4, 0.5) is 0 Å². The molecular formula is C29H36N4O4. The van der Waals surface area contributed by atoms with Crippen molar-refractivity contribution >= 4 is 23.5 Å². The lowest BCUT2D eigenvalue weighted by Crippen LogP contribution is -2.53. The Bertz CT molecular complexity index is 1150. The zero-order valence-electron chi connectivity index (χ0n) is 22.0. The third-order valence-electron chi connectivity index (χ3n) is 7.25. The van der Waals surface area contributed by atoms with Gasteiger partial charge in [-0.25, -0.2) is 0 Å². The molecule has 0 bridgehead atoms. The first kappa shape index (κ1) is 26.5. The maximum atomic E-state index is 13.7. The molecule has 37 heavy (non-hydrogen) atoms. The SMILES string of the molecule is CC(C)CC(NC(=O)c1ccc(C(C)C)cc1)C(=O)N1CCC2C1C(=O)CN2C(=O)Cc1cccnc1. The molecule has 8 nitrogen and oxygen atoms in total. The molecule has 196 valence electrons. The van der Waals surface area contributed by atoms with Crippen LogP contribution in [0, 0.1) is 5.92 Å². The second-order valence-corrected chi connectivity index (χ2v) is 10.8. The zero-order valence-corrected chi connectivity index (χ0v) is 22.0. The van der Waals surface area contributed by atoms with Crippen LogP contribution < -0.4 is 5.32 Å². The quantitative estimate of drug-likeness (QED) is 0.596. The molecule has 3 atom stereocenters. The van der Waals surface area contributed by atoms with Crippen molar-refractivity contribution in [2.24, 2.45) is 5.92 Å². The van der Waals surface area contributed by atoms with Gasteiger partial charge in [-0.1, -0.05) is 45.9 Å². The van der Waals surface area contributed by atoms with E-state index in [2.05, 4.69) is 24.1 Å². The molecule has 2 aliphatic rings. The fourth-order valence-electron chi connectivity index (χ4n) is 5.32. The predicted molar refractivity (Wildman–Crippen MR) is 140 cm³/mol. The van der Waals surface area contributed by atoms with Gasteiger partial charge >= 0.3 is 0 Å². The van der Waals surface area contributed by atoms with Crippen molar-refractivity contribution in [1.29, 1.82) is 0 Å². The van der Waals surface area contributed by atoms with Crippen LogP contribution in [0.1, 0.15) is 67.9 Å². The lowest BCUT2D eigenvalue weighted by atomic mass is 10.00. The van der Waals surface area contributed by atoms with Gasteiger partial charge in [0.1, 0.15) is 12.1 Å². The first-order valence-electron chi connectivity index (χ1n) is 13.1. The predicted octanol–water partition coefficient (Wildman–Crippen LogP) is 2.97. The minimum atomic E-state index is -0.746. The van der Waals surface area contributed by atoms with Crippen molar-refractivity contribution in [1.82, 2.24) is 20.1 Å². The summed E-state index contributed by atoms with van der Waals surface area (Å²) >= 11 is 0. The molecule has 3 heterocycles. The lowest BCUT2D eigenvalue weighted by Gasteiger charge is -2.29. The first-order valence-corrected chi connectivity index (χ1v) is 13.1. The number of ketones is 1. The number of nitrogens with zero attached hydrogens (tertiary/aromatic N) is 3. The number of hydrogen-bond donors (Lipinski definition) is 1. The van der Waals surface area contributed by atoms with Crippen molar-refractivity contribution in [3.05, 3.63) is 65.5 Å². The third kappa shape index (κ3) is 5.89. The molecule has 1 aromatic carbocycles. The van der Waals surface area contributed by atoms with Crippen LogP contribution in [-0.4, -0.2) is 69.5 Å². The lowest BCUT2D eigenvalue weighted by molar-refractivity contribution is -0.138. The fourth-order valence-corrected chi connectivity index (χ4v) is 5.32. The Kier molecular flexibility index (Phi) is 8.05. The summed E-state index contributed by atoms with van der Waals surface area (Å²) in [5.74, 6) is -0.323. The number of likely N-dealkylation sites (tertiary alicyclic amines) is 2. The molecule has 2 fully saturated rings. The van der Waals surface area contributed by atoms with Crippen LogP contribution >= 0.6 is 0 Å². The van der Waals surface area contributed by atoms with Crippen LogP contribution in [0.3, 0.4) is 0 Å². The molecule has 0 saturated carbocycles. The highest BCUT2D eigenvalue weighted by atomic mass is 16.2. The molecule has 2 aliphatic heterocycles. The highest BCUT2D eigenvalue weighted by Gasteiger charge is 2.52. The summed E-state index contributed by atoms with van der Waals surface area (Å²) in [5.41, 5.74) is 2.42. The fraction of sp³-hybridized carbons (Fsp3) is 0.483. The van der Waals surface area contributed by atoms with E-state index < -0.39 is 12.1 Å². The summed E-state index contributed by atoms with van der Waals surface area (Å²) in [6, 6.07) is 9.28. The van der Waals surface area contributed by atoms with Gasteiger partial charge in [-0.05, 0) is 54.0 Å². The van der Waals surface area contributed by atoms with Crippen molar-refractivity contribution in [3.8, 4) is 0 Å². The van der Waals surface area contributed by atoms with Crippen LogP contribution in [-0.2, 0) is 20.8 Å². The number of nitrogens with one attached hydrogen (secondary N) is 1. The molecule has 1 aromatic heterocycles. The molecule has 2 saturated heterocycles. The maximum Gasteiger partial charge on any atom is 0.251 e. The summed E-state index contributed by atoms with van der Waals surface area (Å²) in [4.78, 5) is 60.0. The van der Waals surface area contributed by atoms with Crippen molar-refractivity contribution in [3.63, 3.8) is 0 Å². The van der Waals surface area contributed by atoms with Gasteiger partial charge in [0.2, 0.25) is 11.8 Å². The van der Waals surface area contributed by atoms with Gasteiger partial charge in [-0.3, -0.25) is 24.2 Å². The van der Waals surface area contributed by atoms with E-state index in [0.717, 1.165) is 11.1 Å². The van der Waals surface area contributed by atoms with Crippen LogP contribution in [0.5, 0.6) is 0 Å². The highest BCUT2D eigenvalue weighted by molar-refractivity contribution is 6.01. The zero-order chi connectivity index (χ0) is 26.7. The molecular weight excluding hydrogens is 468 g/mol. The smallest absolute Gasteiger partial charge is 0.251 e. The summed E-state index contributed by atoms with van der Waals surface area (Å²) < 4.78 is 0. The monoisotopic (exact) mass is 504 g/mol. The molecule has 8 heteroatoms. The average Bonchev–Trinajstić information content (AvgIpc) is 3.45. The molecule has 0 aliphatic carbocycles. The minimum absolute atomic E-state index is 0.00160. The number of carbonyl (C=O) groups is 4. The van der Waals surface area contributed by atoms with E-state index in [9.17, 15) is 19.2 Å². The Morgan fingerprint density at radius 3 is 2.41 bits per heavy atom. The number of benzene rings is 1. The van der Waals surface area contributed by atoms with E-state index in [0.29, 0.717) is 30.9 Å². The number of aromatic nitrogens is 1. The Morgan fingerprint density at radius 1 is 1.05 bits per heavy atom. The standard InChI is InChI=1S/C29H36N4O4/c1-18(2)14-23(31-28(36)22-9-7-21(8-10-22)19(3)4)29(37)32-13-11-24-27(32)25(34)17-33(24)26(35)15-20-6-5-12-30-16-20/h5-10,12,16,18-19,23-24,27H,11,13-15,17H2,1-4H3,(H,31,36). The first-order chi connectivity index (χ1) is 17.7. The second kappa shape index (κ2) is 11.2. The Hall–Kier alpha value is -3.55. The topological polar surface area (TPSA) is 99.7 Å². The summed E-state index contributed by atoms with van der Waals surface area (Å²) in [7, 11) is 0. The van der Waals surface area contributed by atoms with Gasteiger partial charge in [0, 0.05) is 24.5 Å². The number of rotatable bonds is 8. The number of hydrogen-bond acceptors (Lipinski definition) is 5. The van der Waals surface area contributed by atoms with Crippen molar-refractivity contribution in [2.75, 3.05) is 13.1 Å². The van der Waals surface area contributed by atoms with Crippen LogP contribution in [0.15, 0.2) is 48.8 Å². The van der Waals surface area contributed by atoms with E-state index in [1.807, 2.05) is 32.0 Å². The number of Topliss-reactive ketones (excluding diaryl/α,β-unsaturated/α-hetero) is 1. The van der Waals surface area contributed by atoms with Gasteiger partial charge in [0.25, 0.3) is 5.91 Å². The number of amides is 3. The Balaban J connectivity index is 1.46. The van der Waals surface area contributed by atoms with E-state index in [1.54, 1.807) is 40.4 Å². The van der Waals surface area contributed by atoms with Crippen LogP contribution in [0.25, 0.3) is 0 Å². The highest BCUT2D eigenvalue weighted by Crippen LogP contribution is 2.31. The maximum absolute atomic E-state index is 13.7. The van der Waals surface area contributed by atoms with Gasteiger partial charge < -0.3 is 15.1 Å². The molecule has 3 unspecified atom stereocenters. The number of fused-ring (bicyclic) bond motifs is 1. The van der Waals surface area contributed by atoms with Gasteiger partial charge in [-0.15, -0.1) is 0 Å². The van der Waals surface area contributed by atoms with Gasteiger partial charge in [0.15, 0.2) is 5.78 Å². The summed E-state index contributed by atoms with van der Waals surface area (Å²) in [6.45, 7) is 8.55. The van der Waals surface area contributed by atoms with Crippen LogP contribution in [0.2, 0.25) is 0 Å². The number of pyridine rings is 1. The molecule has 4 rings (SSSR count). The van der Waals surface area contributed by atoms with Crippen molar-refractivity contribution < 1.29 is 19.2 Å². The second-order valence-electron chi connectivity index (χ2n) is 10.8. The molecule has 2 aromatic rings. The van der Waals surface area contributed by atoms with Gasteiger partial charge in [-0.2, -0.15) is 0 Å². The summed E-state index contributed by atoms with van der Waals surface area (Å²) in [6.07, 6.45) is 4.46. The Labute approximate surface area is 218 Å². The van der Waals surface area contributed by atoms with E-state index >= 15 is 0 Å². The normalized spacial score (nSPS) is 19.9. The Morgan fingerprint density at radius 2 is 1.78 bits per heavy atom. The minimum Gasteiger partial charge on any atom is -0.340 e. The van der Waals surface area contributed by atoms with E-state index in [4.69, 9.17) is 0 Å². The largest absolute Gasteiger partial charge is 0.340 e. The molecule has 1 N–H and O–H groups in total. The average molecular weight is 505 g/mol. The summed E-state index contributed by atoms with van der Waals surface area (Å²) in [5, 5.41) is 2.92.